The second-order valence-electron chi connectivity index (χ2n) is 8.33. The molecule has 2 aromatic heterocycles. The Balaban J connectivity index is 1.52. The molecule has 38 heavy (non-hydrogen) atoms. The first-order valence-electron chi connectivity index (χ1n) is 11.0. The Labute approximate surface area is 226 Å². The Kier molecular flexibility index (Phi) is 6.84. The van der Waals surface area contributed by atoms with Crippen LogP contribution in [-0.4, -0.2) is 58.4 Å². The van der Waals surface area contributed by atoms with Crippen molar-refractivity contribution in [1.82, 2.24) is 20.1 Å². The van der Waals surface area contributed by atoms with Crippen LogP contribution in [0.5, 0.6) is 0 Å². The number of benzene rings is 2. The van der Waals surface area contributed by atoms with Crippen LogP contribution in [0.15, 0.2) is 65.7 Å². The Morgan fingerprint density at radius 2 is 1.68 bits per heavy atom. The molecule has 1 aliphatic heterocycles. The van der Waals surface area contributed by atoms with Gasteiger partial charge in [0.25, 0.3) is 10.0 Å². The Bertz CT molecular complexity index is 1690. The third-order valence-electron chi connectivity index (χ3n) is 5.72. The first-order valence-corrected chi connectivity index (χ1v) is 15.0. The van der Waals surface area contributed by atoms with E-state index in [2.05, 4.69) is 15.5 Å². The van der Waals surface area contributed by atoms with Crippen molar-refractivity contribution < 1.29 is 27.6 Å². The Morgan fingerprint density at radius 3 is 2.29 bits per heavy atom. The molecule has 0 unspecified atom stereocenters. The predicted octanol–water partition coefficient (Wildman–Crippen LogP) is 3.59. The number of urea groups is 1. The quantitative estimate of drug-likeness (QED) is 0.273. The average molecular weight is 597 g/mol. The van der Waals surface area contributed by atoms with Gasteiger partial charge in [0.2, 0.25) is 0 Å². The van der Waals surface area contributed by atoms with E-state index in [4.69, 9.17) is 23.2 Å². The van der Waals surface area contributed by atoms with E-state index in [1.807, 2.05) is 0 Å². The maximum absolute atomic E-state index is 13.5. The molecule has 0 radical (unpaired) electrons. The molecule has 0 aliphatic carbocycles. The third kappa shape index (κ3) is 5.21. The van der Waals surface area contributed by atoms with Crippen LogP contribution in [0.4, 0.5) is 16.3 Å². The van der Waals surface area contributed by atoms with E-state index < -0.39 is 23.9 Å². The molecular weight excluding hydrogens is 578 g/mol. The highest BCUT2D eigenvalue weighted by molar-refractivity contribution is 7.93. The molecule has 5 rings (SSSR count). The molecule has 1 saturated heterocycles. The summed E-state index contributed by atoms with van der Waals surface area (Å²) in [6.45, 7) is 1.00. The first kappa shape index (κ1) is 26.4. The van der Waals surface area contributed by atoms with Gasteiger partial charge in [-0.2, -0.15) is 0 Å². The molecule has 1 fully saturated rings. The van der Waals surface area contributed by atoms with Gasteiger partial charge in [0.15, 0.2) is 11.6 Å². The molecule has 198 valence electrons. The molecule has 3 heterocycles. The van der Waals surface area contributed by atoms with E-state index in [0.717, 1.165) is 12.1 Å². The van der Waals surface area contributed by atoms with Crippen molar-refractivity contribution >= 4 is 69.3 Å². The van der Waals surface area contributed by atoms with Gasteiger partial charge < -0.3 is 15.1 Å². The zero-order valence-electron chi connectivity index (χ0n) is 19.3. The second-order valence-corrected chi connectivity index (χ2v) is 12.7. The van der Waals surface area contributed by atoms with Gasteiger partial charge in [0, 0.05) is 34.7 Å². The van der Waals surface area contributed by atoms with E-state index in [-0.39, 0.29) is 26.7 Å². The number of halogens is 2. The molecule has 0 atom stereocenters. The molecule has 12 nitrogen and oxygen atoms in total. The number of nitrogens with zero attached hydrogens (tertiary/aromatic N) is 5. The van der Waals surface area contributed by atoms with Crippen LogP contribution in [-0.2, 0) is 14.6 Å². The number of sulfonamides is 1. The molecule has 3 N–H and O–H groups in total. The van der Waals surface area contributed by atoms with Crippen molar-refractivity contribution in [3.8, 4) is 5.82 Å². The summed E-state index contributed by atoms with van der Waals surface area (Å²) in [7, 11) is -9.28. The number of hydrogen-bond donors (Lipinski definition) is 3. The summed E-state index contributed by atoms with van der Waals surface area (Å²) in [4.78, 5) is 32.3. The van der Waals surface area contributed by atoms with Gasteiger partial charge in [-0.1, -0.05) is 23.2 Å². The SMILES string of the molecule is O=C1NCCN1c1ccc(-n2ccc3cc(N(CP(=O)(O)O)S(=O)(=O)c4cc(Cl)cc(Cl)c4)ccc32)nn1. The van der Waals surface area contributed by atoms with Crippen LogP contribution >= 0.6 is 30.8 Å². The van der Waals surface area contributed by atoms with Crippen LogP contribution in [0.2, 0.25) is 10.0 Å². The highest BCUT2D eigenvalue weighted by Gasteiger charge is 2.32. The van der Waals surface area contributed by atoms with E-state index >= 15 is 0 Å². The van der Waals surface area contributed by atoms with Gasteiger partial charge in [-0.25, -0.2) is 13.2 Å². The monoisotopic (exact) mass is 596 g/mol. The molecule has 0 bridgehead atoms. The number of carbonyl (C=O) groups excluding carboxylic acids is 1. The summed E-state index contributed by atoms with van der Waals surface area (Å²) in [5.41, 5.74) is 0.658. The van der Waals surface area contributed by atoms with Crippen LogP contribution in [0.25, 0.3) is 16.7 Å². The lowest BCUT2D eigenvalue weighted by molar-refractivity contribution is 0.252. The van der Waals surface area contributed by atoms with Gasteiger partial charge >= 0.3 is 13.6 Å². The number of rotatable bonds is 7. The summed E-state index contributed by atoms with van der Waals surface area (Å²) < 4.78 is 41.1. The minimum Gasteiger partial charge on any atom is -0.336 e. The van der Waals surface area contributed by atoms with Crippen molar-refractivity contribution in [1.29, 1.82) is 0 Å². The fourth-order valence-electron chi connectivity index (χ4n) is 4.03. The van der Waals surface area contributed by atoms with Gasteiger partial charge in [0.05, 0.1) is 16.1 Å². The minimum atomic E-state index is -4.82. The number of nitrogens with one attached hydrogen (secondary N) is 1. The number of anilines is 2. The smallest absolute Gasteiger partial charge is 0.336 e. The molecule has 16 heteroatoms. The molecule has 0 spiro atoms. The maximum atomic E-state index is 13.5. The minimum absolute atomic E-state index is 0.0242. The van der Waals surface area contributed by atoms with Gasteiger partial charge in [-0.05, 0) is 54.6 Å². The Morgan fingerprint density at radius 1 is 1.00 bits per heavy atom. The number of carbonyl (C=O) groups is 1. The zero-order valence-corrected chi connectivity index (χ0v) is 22.5. The van der Waals surface area contributed by atoms with Crippen LogP contribution in [0.3, 0.4) is 0 Å². The molecule has 2 aromatic carbocycles. The predicted molar refractivity (Wildman–Crippen MR) is 143 cm³/mol. The van der Waals surface area contributed by atoms with Crippen LogP contribution in [0.1, 0.15) is 0 Å². The van der Waals surface area contributed by atoms with E-state index in [9.17, 15) is 27.6 Å². The van der Waals surface area contributed by atoms with E-state index in [1.54, 1.807) is 35.0 Å². The number of hydrogen-bond acceptors (Lipinski definition) is 6. The number of fused-ring (bicyclic) bond motifs is 1. The van der Waals surface area contributed by atoms with Crippen molar-refractivity contribution in [3.05, 3.63) is 70.8 Å². The molecule has 0 saturated carbocycles. The normalized spacial score (nSPS) is 14.2. The maximum Gasteiger partial charge on any atom is 0.345 e. The van der Waals surface area contributed by atoms with E-state index in [1.165, 1.54) is 23.1 Å². The largest absolute Gasteiger partial charge is 0.345 e. The summed E-state index contributed by atoms with van der Waals surface area (Å²) in [5, 5.41) is 11.7. The van der Waals surface area contributed by atoms with Gasteiger partial charge in [-0.3, -0.25) is 18.3 Å². The van der Waals surface area contributed by atoms with Gasteiger partial charge in [-0.15, -0.1) is 10.2 Å². The van der Waals surface area contributed by atoms with Crippen molar-refractivity contribution in [3.63, 3.8) is 0 Å². The highest BCUT2D eigenvalue weighted by Crippen LogP contribution is 2.40. The molecular formula is C22H19Cl2N6O6PS. The Hall–Kier alpha value is -3.19. The van der Waals surface area contributed by atoms with Crippen LogP contribution in [0, 0.1) is 0 Å². The number of amides is 2. The van der Waals surface area contributed by atoms with E-state index in [0.29, 0.717) is 39.9 Å². The topological polar surface area (TPSA) is 158 Å². The van der Waals surface area contributed by atoms with Crippen molar-refractivity contribution in [2.24, 2.45) is 0 Å². The summed E-state index contributed by atoms with van der Waals surface area (Å²) in [6.07, 6.45) is 0.599. The summed E-state index contributed by atoms with van der Waals surface area (Å²) in [6, 6.07) is 13.0. The van der Waals surface area contributed by atoms with Crippen molar-refractivity contribution in [2.45, 2.75) is 4.90 Å². The summed E-state index contributed by atoms with van der Waals surface area (Å²) in [5.74, 6) is 0.853. The van der Waals surface area contributed by atoms with Crippen LogP contribution < -0.4 is 14.5 Å². The molecule has 1 aliphatic rings. The summed E-state index contributed by atoms with van der Waals surface area (Å²) >= 11 is 12.0. The zero-order chi connectivity index (χ0) is 27.2. The third-order valence-corrected chi connectivity index (χ3v) is 8.75. The highest BCUT2D eigenvalue weighted by atomic mass is 35.5. The second kappa shape index (κ2) is 9.84. The first-order chi connectivity index (χ1) is 17.9. The van der Waals surface area contributed by atoms with Gasteiger partial charge in [0.1, 0.15) is 6.29 Å². The standard InChI is InChI=1S/C22H19Cl2N6O6PS/c23-15-10-16(24)12-18(11-15)38(35,36)30(13-37(32,33)34)17-1-2-19-14(9-17)5-7-28(19)20-3-4-21(27-26-20)29-8-6-25-22(29)31/h1-5,7,9-12H,6,8,13H2,(H,25,31)(H2,32,33,34). The van der Waals surface area contributed by atoms with Crippen molar-refractivity contribution in [2.75, 3.05) is 28.6 Å². The molecule has 4 aromatic rings. The number of aromatic nitrogens is 3. The lowest BCUT2D eigenvalue weighted by atomic mass is 10.2. The lowest BCUT2D eigenvalue weighted by Crippen LogP contribution is -2.32. The average Bonchev–Trinajstić information content (AvgIpc) is 3.47. The fraction of sp³-hybridized carbons (Fsp3) is 0.136. The molecule has 2 amide bonds. The lowest BCUT2D eigenvalue weighted by Gasteiger charge is -2.25. The fourth-order valence-corrected chi connectivity index (χ4v) is 7.44.